The van der Waals surface area contributed by atoms with Gasteiger partial charge in [0, 0.05) is 25.1 Å². The number of carbonyl (C=O) groups is 1. The zero-order chi connectivity index (χ0) is 22.7. The number of aromatic nitrogens is 3. The summed E-state index contributed by atoms with van der Waals surface area (Å²) in [6, 6.07) is 1.17. The molecular formula is C21H24ClF2N3O4. The van der Waals surface area contributed by atoms with Crippen LogP contribution in [-0.2, 0) is 11.3 Å². The molecule has 0 bridgehead atoms. The molecule has 2 aromatic rings. The number of pyridine rings is 1. The molecule has 168 valence electrons. The molecule has 1 aliphatic carbocycles. The van der Waals surface area contributed by atoms with E-state index in [2.05, 4.69) is 5.10 Å². The molecule has 3 heterocycles. The van der Waals surface area contributed by atoms with Gasteiger partial charge in [0.15, 0.2) is 5.43 Å². The van der Waals surface area contributed by atoms with Crippen LogP contribution in [0.3, 0.4) is 0 Å². The van der Waals surface area contributed by atoms with E-state index < -0.39 is 23.4 Å². The van der Waals surface area contributed by atoms with Gasteiger partial charge in [-0.3, -0.25) is 9.48 Å². The second kappa shape index (κ2) is 7.32. The van der Waals surface area contributed by atoms with Gasteiger partial charge in [-0.2, -0.15) is 0 Å². The molecule has 0 N–H and O–H groups in total. The molecule has 4 rings (SSSR count). The highest BCUT2D eigenvalue weighted by Crippen LogP contribution is 2.46. The molecule has 1 saturated carbocycles. The SMILES string of the molecule is CCOC(=O)c1cn2c(cc1=O)-c1c(Cl)c(OC3CC(F)(F)C3)nn1C[C@H]2C(C)(C)C. The Morgan fingerprint density at radius 2 is 2.03 bits per heavy atom. The predicted octanol–water partition coefficient (Wildman–Crippen LogP) is 4.32. The maximum atomic E-state index is 13.2. The molecule has 31 heavy (non-hydrogen) atoms. The standard InChI is InChI=1S/C21H24ClF2N3O4/c1-5-30-19(29)12-9-26-13(6-14(12)28)17-16(22)18(31-11-7-21(23,24)8-11)25-27(17)10-15(26)20(2,3)4/h6,9,11,15H,5,7-8,10H2,1-4H3/t15-/m0/s1. The van der Waals surface area contributed by atoms with Gasteiger partial charge < -0.3 is 14.0 Å². The lowest BCUT2D eigenvalue weighted by molar-refractivity contribution is -0.135. The van der Waals surface area contributed by atoms with Crippen LogP contribution in [0.15, 0.2) is 17.1 Å². The van der Waals surface area contributed by atoms with Gasteiger partial charge in [-0.1, -0.05) is 32.4 Å². The number of nitrogens with zero attached hydrogens (tertiary/aromatic N) is 3. The Hall–Kier alpha value is -2.42. The number of esters is 1. The monoisotopic (exact) mass is 455 g/mol. The summed E-state index contributed by atoms with van der Waals surface area (Å²) in [5.74, 6) is -3.34. The Morgan fingerprint density at radius 3 is 2.61 bits per heavy atom. The Bertz CT molecular complexity index is 1100. The lowest BCUT2D eigenvalue weighted by Crippen LogP contribution is -2.43. The first-order valence-electron chi connectivity index (χ1n) is 10.2. The van der Waals surface area contributed by atoms with E-state index in [4.69, 9.17) is 21.1 Å². The molecule has 2 aliphatic rings. The van der Waals surface area contributed by atoms with Crippen molar-refractivity contribution in [2.75, 3.05) is 6.61 Å². The third kappa shape index (κ3) is 3.84. The molecule has 0 spiro atoms. The fraction of sp³-hybridized carbons (Fsp3) is 0.571. The molecule has 0 radical (unpaired) electrons. The minimum Gasteiger partial charge on any atom is -0.472 e. The fourth-order valence-electron chi connectivity index (χ4n) is 4.02. The molecule has 1 fully saturated rings. The highest BCUT2D eigenvalue weighted by Gasteiger charge is 2.48. The first-order chi connectivity index (χ1) is 14.4. The fourth-order valence-corrected chi connectivity index (χ4v) is 4.30. The second-order valence-electron chi connectivity index (χ2n) is 9.10. The van der Waals surface area contributed by atoms with Crippen LogP contribution in [-0.4, -0.2) is 39.0 Å². The lowest BCUT2D eigenvalue weighted by atomic mass is 9.85. The summed E-state index contributed by atoms with van der Waals surface area (Å²) in [7, 11) is 0. The number of halogens is 3. The number of carbonyl (C=O) groups excluding carboxylic acids is 1. The molecule has 2 aromatic heterocycles. The van der Waals surface area contributed by atoms with E-state index in [1.54, 1.807) is 11.6 Å². The van der Waals surface area contributed by atoms with Gasteiger partial charge in [0.25, 0.3) is 11.8 Å². The van der Waals surface area contributed by atoms with Gasteiger partial charge >= 0.3 is 5.97 Å². The normalized spacial score (nSPS) is 19.9. The van der Waals surface area contributed by atoms with E-state index in [1.807, 2.05) is 25.3 Å². The minimum absolute atomic E-state index is 0.0582. The van der Waals surface area contributed by atoms with Crippen molar-refractivity contribution >= 4 is 17.6 Å². The molecule has 10 heteroatoms. The number of alkyl halides is 2. The largest absolute Gasteiger partial charge is 0.472 e. The first kappa shape index (κ1) is 21.8. The van der Waals surface area contributed by atoms with Crippen molar-refractivity contribution in [3.8, 4) is 17.3 Å². The molecule has 7 nitrogen and oxygen atoms in total. The number of rotatable bonds is 4. The molecule has 1 aliphatic heterocycles. The Morgan fingerprint density at radius 1 is 1.35 bits per heavy atom. The molecular weight excluding hydrogens is 432 g/mol. The Labute approximate surface area is 182 Å². The van der Waals surface area contributed by atoms with Gasteiger partial charge in [0.05, 0.1) is 24.9 Å². The van der Waals surface area contributed by atoms with E-state index in [0.29, 0.717) is 17.9 Å². The smallest absolute Gasteiger partial charge is 0.343 e. The highest BCUT2D eigenvalue weighted by atomic mass is 35.5. The summed E-state index contributed by atoms with van der Waals surface area (Å²) >= 11 is 6.53. The summed E-state index contributed by atoms with van der Waals surface area (Å²) in [4.78, 5) is 25.0. The van der Waals surface area contributed by atoms with Gasteiger partial charge in [-0.15, -0.1) is 5.10 Å². The highest BCUT2D eigenvalue weighted by molar-refractivity contribution is 6.34. The van der Waals surface area contributed by atoms with Gasteiger partial charge in [-0.05, 0) is 12.3 Å². The zero-order valence-corrected chi connectivity index (χ0v) is 18.5. The van der Waals surface area contributed by atoms with Crippen molar-refractivity contribution in [1.29, 1.82) is 0 Å². The van der Waals surface area contributed by atoms with Crippen molar-refractivity contribution in [3.05, 3.63) is 33.1 Å². The van der Waals surface area contributed by atoms with Crippen LogP contribution >= 0.6 is 11.6 Å². The van der Waals surface area contributed by atoms with Crippen molar-refractivity contribution in [2.45, 2.75) is 65.1 Å². The van der Waals surface area contributed by atoms with E-state index in [9.17, 15) is 18.4 Å². The average molecular weight is 456 g/mol. The van der Waals surface area contributed by atoms with E-state index in [-0.39, 0.29) is 47.4 Å². The van der Waals surface area contributed by atoms with Crippen molar-refractivity contribution in [1.82, 2.24) is 14.3 Å². The van der Waals surface area contributed by atoms with E-state index >= 15 is 0 Å². The number of fused-ring (bicyclic) bond motifs is 3. The van der Waals surface area contributed by atoms with Crippen LogP contribution < -0.4 is 10.2 Å². The first-order valence-corrected chi connectivity index (χ1v) is 10.5. The number of hydrogen-bond donors (Lipinski definition) is 0. The van der Waals surface area contributed by atoms with Crippen LogP contribution in [0.2, 0.25) is 5.02 Å². The number of ether oxygens (including phenoxy) is 2. The summed E-state index contributed by atoms with van der Waals surface area (Å²) in [5.41, 5.74) is 0.121. The van der Waals surface area contributed by atoms with Crippen LogP contribution in [0.4, 0.5) is 8.78 Å². The quantitative estimate of drug-likeness (QED) is 0.642. The van der Waals surface area contributed by atoms with Crippen LogP contribution in [0, 0.1) is 5.41 Å². The van der Waals surface area contributed by atoms with Gasteiger partial charge in [0.1, 0.15) is 22.4 Å². The van der Waals surface area contributed by atoms with Crippen molar-refractivity contribution < 1.29 is 23.0 Å². The number of hydrogen-bond acceptors (Lipinski definition) is 5. The molecule has 0 aromatic carbocycles. The molecule has 0 amide bonds. The second-order valence-corrected chi connectivity index (χ2v) is 9.48. The third-order valence-electron chi connectivity index (χ3n) is 5.70. The summed E-state index contributed by atoms with van der Waals surface area (Å²) < 4.78 is 40.5. The summed E-state index contributed by atoms with van der Waals surface area (Å²) in [6.45, 7) is 8.33. The molecule has 0 saturated heterocycles. The zero-order valence-electron chi connectivity index (χ0n) is 17.7. The average Bonchev–Trinajstić information content (AvgIpc) is 2.94. The van der Waals surface area contributed by atoms with Crippen LogP contribution in [0.25, 0.3) is 11.4 Å². The van der Waals surface area contributed by atoms with Crippen LogP contribution in [0.1, 0.15) is 56.9 Å². The van der Waals surface area contributed by atoms with E-state index in [0.717, 1.165) is 0 Å². The maximum Gasteiger partial charge on any atom is 0.343 e. The topological polar surface area (TPSA) is 75.3 Å². The molecule has 0 unspecified atom stereocenters. The Kier molecular flexibility index (Phi) is 5.15. The Balaban J connectivity index is 1.80. The van der Waals surface area contributed by atoms with Gasteiger partial charge in [0.2, 0.25) is 0 Å². The van der Waals surface area contributed by atoms with Crippen molar-refractivity contribution in [3.63, 3.8) is 0 Å². The molecule has 1 atom stereocenters. The van der Waals surface area contributed by atoms with Crippen LogP contribution in [0.5, 0.6) is 5.88 Å². The lowest BCUT2D eigenvalue weighted by Gasteiger charge is -2.38. The maximum absolute atomic E-state index is 13.2. The summed E-state index contributed by atoms with van der Waals surface area (Å²) in [6.07, 6.45) is 0.0894. The van der Waals surface area contributed by atoms with Gasteiger partial charge in [-0.25, -0.2) is 13.6 Å². The van der Waals surface area contributed by atoms with E-state index in [1.165, 1.54) is 12.3 Å². The predicted molar refractivity (Wildman–Crippen MR) is 110 cm³/mol. The van der Waals surface area contributed by atoms with Crippen molar-refractivity contribution in [2.24, 2.45) is 5.41 Å². The summed E-state index contributed by atoms with van der Waals surface area (Å²) in [5, 5.41) is 4.56. The minimum atomic E-state index is -2.72. The third-order valence-corrected chi connectivity index (χ3v) is 6.04.